The molecule has 1 N–H and O–H groups in total. The first-order valence-electron chi connectivity index (χ1n) is 8.67. The second-order valence-corrected chi connectivity index (χ2v) is 6.19. The predicted molar refractivity (Wildman–Crippen MR) is 102 cm³/mol. The van der Waals surface area contributed by atoms with Gasteiger partial charge in [0.25, 0.3) is 5.91 Å². The average molecular weight is 401 g/mol. The van der Waals surface area contributed by atoms with Crippen LogP contribution in [0.1, 0.15) is 15.9 Å². The largest absolute Gasteiger partial charge is 0.497 e. The third-order valence-corrected chi connectivity index (χ3v) is 4.37. The number of methoxy groups -OCH3 is 2. The summed E-state index contributed by atoms with van der Waals surface area (Å²) >= 11 is 0. The third-order valence-electron chi connectivity index (χ3n) is 4.37. The lowest BCUT2D eigenvalue weighted by molar-refractivity contribution is 0.0947. The Morgan fingerprint density at radius 2 is 1.66 bits per heavy atom. The summed E-state index contributed by atoms with van der Waals surface area (Å²) in [5.41, 5.74) is 0.771. The van der Waals surface area contributed by atoms with Crippen molar-refractivity contribution in [3.63, 3.8) is 0 Å². The van der Waals surface area contributed by atoms with E-state index >= 15 is 0 Å². The summed E-state index contributed by atoms with van der Waals surface area (Å²) < 4.78 is 52.1. The molecular weight excluding hydrogens is 383 g/mol. The summed E-state index contributed by atoms with van der Waals surface area (Å²) in [5.74, 6) is -2.15. The van der Waals surface area contributed by atoms with Gasteiger partial charge in [0.15, 0.2) is 11.6 Å². The van der Waals surface area contributed by atoms with Crippen LogP contribution in [0.2, 0.25) is 0 Å². The summed E-state index contributed by atoms with van der Waals surface area (Å²) in [4.78, 5) is 12.3. The van der Waals surface area contributed by atoms with Crippen molar-refractivity contribution in [2.45, 2.75) is 6.54 Å². The highest BCUT2D eigenvalue weighted by atomic mass is 19.1. The molecule has 3 aromatic carbocycles. The maximum Gasteiger partial charge on any atom is 0.254 e. The molecule has 0 bridgehead atoms. The van der Waals surface area contributed by atoms with Crippen LogP contribution in [0.5, 0.6) is 11.5 Å². The highest BCUT2D eigenvalue weighted by Gasteiger charge is 2.15. The topological polar surface area (TPSA) is 47.6 Å². The number of hydrogen-bond acceptors (Lipinski definition) is 3. The molecule has 0 atom stereocenters. The van der Waals surface area contributed by atoms with Crippen LogP contribution >= 0.6 is 0 Å². The van der Waals surface area contributed by atoms with Crippen molar-refractivity contribution in [1.29, 1.82) is 0 Å². The van der Waals surface area contributed by atoms with Crippen LogP contribution in [0.15, 0.2) is 54.6 Å². The van der Waals surface area contributed by atoms with Gasteiger partial charge in [-0.25, -0.2) is 13.2 Å². The molecule has 0 aromatic heterocycles. The van der Waals surface area contributed by atoms with Crippen LogP contribution in [0.25, 0.3) is 11.1 Å². The first kappa shape index (κ1) is 20.3. The van der Waals surface area contributed by atoms with E-state index < -0.39 is 23.4 Å². The summed E-state index contributed by atoms with van der Waals surface area (Å²) in [7, 11) is 2.77. The zero-order valence-corrected chi connectivity index (χ0v) is 15.8. The Morgan fingerprint density at radius 3 is 2.28 bits per heavy atom. The Kier molecular flexibility index (Phi) is 6.07. The number of rotatable bonds is 6. The molecule has 4 nitrogen and oxygen atoms in total. The van der Waals surface area contributed by atoms with Gasteiger partial charge >= 0.3 is 0 Å². The van der Waals surface area contributed by atoms with E-state index in [1.807, 2.05) is 0 Å². The summed E-state index contributed by atoms with van der Waals surface area (Å²) in [6.45, 7) is 0.00798. The fourth-order valence-corrected chi connectivity index (χ4v) is 2.82. The number of benzene rings is 3. The standard InChI is InChI=1S/C22H18F3NO3/c1-28-15-5-7-16(19(24)11-15)14-4-6-17(18(23)10-14)22(27)26-12-13-3-8-21(29-2)20(25)9-13/h3-11H,12H2,1-2H3,(H,26,27). The van der Waals surface area contributed by atoms with Crippen molar-refractivity contribution in [2.24, 2.45) is 0 Å². The molecule has 29 heavy (non-hydrogen) atoms. The van der Waals surface area contributed by atoms with Gasteiger partial charge in [-0.1, -0.05) is 12.1 Å². The van der Waals surface area contributed by atoms with E-state index in [-0.39, 0.29) is 29.0 Å². The van der Waals surface area contributed by atoms with Crippen molar-refractivity contribution in [1.82, 2.24) is 5.32 Å². The van der Waals surface area contributed by atoms with Gasteiger partial charge in [-0.3, -0.25) is 4.79 Å². The van der Waals surface area contributed by atoms with Gasteiger partial charge in [0.05, 0.1) is 19.8 Å². The predicted octanol–water partition coefficient (Wildman–Crippen LogP) is 4.72. The van der Waals surface area contributed by atoms with Crippen LogP contribution in [0.3, 0.4) is 0 Å². The molecule has 0 spiro atoms. The van der Waals surface area contributed by atoms with E-state index in [9.17, 15) is 18.0 Å². The second-order valence-electron chi connectivity index (χ2n) is 6.19. The number of halogens is 3. The van der Waals surface area contributed by atoms with Crippen LogP contribution < -0.4 is 14.8 Å². The Hall–Kier alpha value is -3.48. The zero-order valence-electron chi connectivity index (χ0n) is 15.8. The quantitative estimate of drug-likeness (QED) is 0.650. The minimum absolute atomic E-state index is 0.00798. The maximum absolute atomic E-state index is 14.5. The van der Waals surface area contributed by atoms with Crippen LogP contribution in [0, 0.1) is 17.5 Å². The SMILES string of the molecule is COc1ccc(-c2ccc(C(=O)NCc3ccc(OC)c(F)c3)c(F)c2)c(F)c1. The van der Waals surface area contributed by atoms with Gasteiger partial charge in [0.1, 0.15) is 17.4 Å². The van der Waals surface area contributed by atoms with Crippen molar-refractivity contribution in [3.05, 3.63) is 83.2 Å². The highest BCUT2D eigenvalue weighted by molar-refractivity contribution is 5.95. The molecule has 3 rings (SSSR count). The Balaban J connectivity index is 1.74. The normalized spacial score (nSPS) is 10.5. The molecule has 1 amide bonds. The zero-order chi connectivity index (χ0) is 21.0. The monoisotopic (exact) mass is 401 g/mol. The van der Waals surface area contributed by atoms with Gasteiger partial charge in [-0.2, -0.15) is 0 Å². The molecule has 3 aromatic rings. The Morgan fingerprint density at radius 1 is 0.862 bits per heavy atom. The Labute approximate surface area is 165 Å². The van der Waals surface area contributed by atoms with Gasteiger partial charge in [0.2, 0.25) is 0 Å². The molecule has 0 fully saturated rings. The lowest BCUT2D eigenvalue weighted by Gasteiger charge is -2.10. The van der Waals surface area contributed by atoms with E-state index in [0.29, 0.717) is 11.3 Å². The van der Waals surface area contributed by atoms with Gasteiger partial charge in [-0.05, 0) is 47.5 Å². The average Bonchev–Trinajstić information content (AvgIpc) is 2.71. The van der Waals surface area contributed by atoms with Crippen molar-refractivity contribution < 1.29 is 27.4 Å². The first-order chi connectivity index (χ1) is 13.9. The number of carbonyl (C=O) groups excluding carboxylic acids is 1. The summed E-state index contributed by atoms with van der Waals surface area (Å²) in [5, 5.41) is 2.53. The lowest BCUT2D eigenvalue weighted by atomic mass is 10.0. The fraction of sp³-hybridized carbons (Fsp3) is 0.136. The molecular formula is C22H18F3NO3. The van der Waals surface area contributed by atoms with Gasteiger partial charge in [-0.15, -0.1) is 0 Å². The van der Waals surface area contributed by atoms with Crippen molar-refractivity contribution in [3.8, 4) is 22.6 Å². The van der Waals surface area contributed by atoms with Crippen LogP contribution in [-0.2, 0) is 6.54 Å². The second kappa shape index (κ2) is 8.68. The minimum atomic E-state index is -0.795. The lowest BCUT2D eigenvalue weighted by Crippen LogP contribution is -2.23. The molecule has 0 radical (unpaired) electrons. The van der Waals surface area contributed by atoms with E-state index in [1.165, 1.54) is 50.6 Å². The summed E-state index contributed by atoms with van der Waals surface area (Å²) in [6.07, 6.45) is 0. The van der Waals surface area contributed by atoms with E-state index in [4.69, 9.17) is 9.47 Å². The highest BCUT2D eigenvalue weighted by Crippen LogP contribution is 2.27. The van der Waals surface area contributed by atoms with Crippen LogP contribution in [-0.4, -0.2) is 20.1 Å². The molecule has 7 heteroatoms. The number of amides is 1. The first-order valence-corrected chi connectivity index (χ1v) is 8.67. The number of carbonyl (C=O) groups is 1. The molecule has 0 saturated carbocycles. The van der Waals surface area contributed by atoms with E-state index in [2.05, 4.69) is 5.32 Å². The fourth-order valence-electron chi connectivity index (χ4n) is 2.82. The third kappa shape index (κ3) is 4.51. The molecule has 0 aliphatic carbocycles. The van der Waals surface area contributed by atoms with Crippen molar-refractivity contribution >= 4 is 5.91 Å². The molecule has 150 valence electrons. The maximum atomic E-state index is 14.5. The van der Waals surface area contributed by atoms with E-state index in [1.54, 1.807) is 12.1 Å². The molecule has 0 unspecified atom stereocenters. The number of hydrogen-bond donors (Lipinski definition) is 1. The smallest absolute Gasteiger partial charge is 0.254 e. The summed E-state index contributed by atoms with van der Waals surface area (Å²) in [6, 6.07) is 12.3. The molecule has 0 aliphatic rings. The van der Waals surface area contributed by atoms with Gasteiger partial charge < -0.3 is 14.8 Å². The van der Waals surface area contributed by atoms with Crippen molar-refractivity contribution in [2.75, 3.05) is 14.2 Å². The molecule has 0 aliphatic heterocycles. The van der Waals surface area contributed by atoms with E-state index in [0.717, 1.165) is 6.07 Å². The molecule has 0 heterocycles. The molecule has 0 saturated heterocycles. The Bertz CT molecular complexity index is 1050. The minimum Gasteiger partial charge on any atom is -0.497 e. The van der Waals surface area contributed by atoms with Gasteiger partial charge in [0, 0.05) is 18.2 Å². The number of ether oxygens (including phenoxy) is 2. The number of nitrogens with one attached hydrogen (secondary N) is 1. The van der Waals surface area contributed by atoms with Crippen LogP contribution in [0.4, 0.5) is 13.2 Å².